The van der Waals surface area contributed by atoms with Crippen LogP contribution in [-0.2, 0) is 4.79 Å². The molecule has 3 heterocycles. The SMILES string of the molecule is CN(C)C=CC(=O)Nc1cc(Nc2cc(-c3cc(Cl)ccc3F)nc3c2OCCN3)ccn1. The third-order valence-electron chi connectivity index (χ3n) is 4.63. The van der Waals surface area contributed by atoms with E-state index in [9.17, 15) is 9.18 Å². The van der Waals surface area contributed by atoms with Crippen LogP contribution in [-0.4, -0.2) is 48.0 Å². The molecule has 0 spiro atoms. The number of nitrogens with zero attached hydrogens (tertiary/aromatic N) is 3. The van der Waals surface area contributed by atoms with E-state index in [1.807, 2.05) is 14.1 Å². The van der Waals surface area contributed by atoms with Crippen molar-refractivity contribution < 1.29 is 13.9 Å². The first kappa shape index (κ1) is 22.3. The number of pyridine rings is 2. The van der Waals surface area contributed by atoms with Gasteiger partial charge in [0.25, 0.3) is 5.91 Å². The van der Waals surface area contributed by atoms with Gasteiger partial charge in [0.15, 0.2) is 11.6 Å². The Hall–Kier alpha value is -3.85. The maximum atomic E-state index is 14.5. The summed E-state index contributed by atoms with van der Waals surface area (Å²) in [5, 5.41) is 9.56. The molecule has 3 N–H and O–H groups in total. The van der Waals surface area contributed by atoms with E-state index >= 15 is 0 Å². The molecule has 8 nitrogen and oxygen atoms in total. The molecule has 0 bridgehead atoms. The first-order chi connectivity index (χ1) is 15.9. The molecule has 0 aliphatic carbocycles. The zero-order valence-electron chi connectivity index (χ0n) is 18.0. The van der Waals surface area contributed by atoms with E-state index in [1.165, 1.54) is 24.3 Å². The smallest absolute Gasteiger partial charge is 0.250 e. The van der Waals surface area contributed by atoms with Crippen molar-refractivity contribution in [2.45, 2.75) is 0 Å². The number of anilines is 4. The first-order valence-electron chi connectivity index (χ1n) is 10.1. The minimum atomic E-state index is -0.436. The van der Waals surface area contributed by atoms with Crippen molar-refractivity contribution in [1.29, 1.82) is 0 Å². The average Bonchev–Trinajstić information content (AvgIpc) is 2.79. The standard InChI is InChI=1S/C23H22ClFN6O2/c1-31(2)9-6-21(32)30-20-12-15(5-7-26-20)28-19-13-18(16-11-14(24)3-4-17(16)25)29-23-22(19)33-10-8-27-23/h3-7,9,11-13H,8,10H2,1-2H3,(H3,26,27,28,29,30,32). The van der Waals surface area contributed by atoms with Crippen LogP contribution in [0.1, 0.15) is 0 Å². The van der Waals surface area contributed by atoms with E-state index in [2.05, 4.69) is 25.9 Å². The van der Waals surface area contributed by atoms with E-state index in [-0.39, 0.29) is 11.5 Å². The van der Waals surface area contributed by atoms with Gasteiger partial charge in [-0.1, -0.05) is 11.6 Å². The number of ether oxygens (including phenoxy) is 1. The molecule has 0 atom stereocenters. The van der Waals surface area contributed by atoms with Gasteiger partial charge in [-0.3, -0.25) is 4.79 Å². The van der Waals surface area contributed by atoms with E-state index in [1.54, 1.807) is 35.5 Å². The van der Waals surface area contributed by atoms with E-state index in [0.717, 1.165) is 0 Å². The van der Waals surface area contributed by atoms with E-state index in [0.29, 0.717) is 52.6 Å². The second kappa shape index (κ2) is 9.74. The highest BCUT2D eigenvalue weighted by atomic mass is 35.5. The number of fused-ring (bicyclic) bond motifs is 1. The highest BCUT2D eigenvalue weighted by Crippen LogP contribution is 2.39. The quantitative estimate of drug-likeness (QED) is 0.459. The van der Waals surface area contributed by atoms with Crippen molar-refractivity contribution in [2.75, 3.05) is 43.2 Å². The Morgan fingerprint density at radius 1 is 1.27 bits per heavy atom. The molecule has 10 heteroatoms. The molecule has 0 saturated carbocycles. The van der Waals surface area contributed by atoms with Gasteiger partial charge in [-0.15, -0.1) is 0 Å². The summed E-state index contributed by atoms with van der Waals surface area (Å²) in [5.41, 5.74) is 1.90. The number of carbonyl (C=O) groups is 1. The lowest BCUT2D eigenvalue weighted by molar-refractivity contribution is -0.112. The second-order valence-electron chi connectivity index (χ2n) is 7.46. The summed E-state index contributed by atoms with van der Waals surface area (Å²) >= 11 is 6.08. The van der Waals surface area contributed by atoms with Crippen molar-refractivity contribution in [2.24, 2.45) is 0 Å². The van der Waals surface area contributed by atoms with Crippen molar-refractivity contribution in [3.8, 4) is 17.0 Å². The molecule has 1 aromatic carbocycles. The summed E-state index contributed by atoms with van der Waals surface area (Å²) < 4.78 is 20.3. The molecule has 0 unspecified atom stereocenters. The summed E-state index contributed by atoms with van der Waals surface area (Å²) in [6, 6.07) is 9.44. The lowest BCUT2D eigenvalue weighted by Crippen LogP contribution is -2.20. The lowest BCUT2D eigenvalue weighted by atomic mass is 10.1. The van der Waals surface area contributed by atoms with Crippen LogP contribution in [0.2, 0.25) is 5.02 Å². The predicted molar refractivity (Wildman–Crippen MR) is 128 cm³/mol. The van der Waals surface area contributed by atoms with Gasteiger partial charge >= 0.3 is 0 Å². The zero-order chi connectivity index (χ0) is 23.4. The van der Waals surface area contributed by atoms with Crippen LogP contribution >= 0.6 is 11.6 Å². The molecule has 1 amide bonds. The molecule has 170 valence electrons. The summed E-state index contributed by atoms with van der Waals surface area (Å²) in [6.07, 6.45) is 4.62. The van der Waals surface area contributed by atoms with Crippen LogP contribution in [0.4, 0.5) is 27.4 Å². The van der Waals surface area contributed by atoms with Crippen molar-refractivity contribution in [3.05, 3.63) is 65.7 Å². The minimum Gasteiger partial charge on any atom is -0.486 e. The first-order valence-corrected chi connectivity index (χ1v) is 10.5. The Balaban J connectivity index is 1.65. The fraction of sp³-hybridized carbons (Fsp3) is 0.174. The number of benzene rings is 1. The number of nitrogens with one attached hydrogen (secondary N) is 3. The molecule has 0 fully saturated rings. The fourth-order valence-electron chi connectivity index (χ4n) is 3.16. The third kappa shape index (κ3) is 5.50. The lowest BCUT2D eigenvalue weighted by Gasteiger charge is -2.23. The Bertz CT molecular complexity index is 1220. The number of hydrogen-bond acceptors (Lipinski definition) is 7. The van der Waals surface area contributed by atoms with Gasteiger partial charge in [0.05, 0.1) is 17.9 Å². The van der Waals surface area contributed by atoms with Crippen LogP contribution in [0.5, 0.6) is 5.75 Å². The number of rotatable bonds is 6. The maximum Gasteiger partial charge on any atom is 0.250 e. The van der Waals surface area contributed by atoms with Crippen LogP contribution in [0.15, 0.2) is 54.9 Å². The maximum absolute atomic E-state index is 14.5. The number of halogens is 2. The highest BCUT2D eigenvalue weighted by molar-refractivity contribution is 6.30. The molecule has 0 radical (unpaired) electrons. The molecule has 33 heavy (non-hydrogen) atoms. The Kier molecular flexibility index (Phi) is 6.60. The highest BCUT2D eigenvalue weighted by Gasteiger charge is 2.20. The largest absolute Gasteiger partial charge is 0.486 e. The van der Waals surface area contributed by atoms with E-state index < -0.39 is 5.82 Å². The molecule has 1 aliphatic heterocycles. The summed E-state index contributed by atoms with van der Waals surface area (Å²) in [5.74, 6) is 0.646. The molecule has 2 aromatic heterocycles. The van der Waals surface area contributed by atoms with Crippen LogP contribution in [0.25, 0.3) is 11.3 Å². The van der Waals surface area contributed by atoms with Gasteiger partial charge in [0, 0.05) is 54.9 Å². The second-order valence-corrected chi connectivity index (χ2v) is 7.89. The van der Waals surface area contributed by atoms with Crippen LogP contribution in [0.3, 0.4) is 0 Å². The predicted octanol–water partition coefficient (Wildman–Crippen LogP) is 4.50. The molecule has 3 aromatic rings. The number of hydrogen-bond donors (Lipinski definition) is 3. The van der Waals surface area contributed by atoms with Gasteiger partial charge in [0.1, 0.15) is 18.2 Å². The molecule has 4 rings (SSSR count). The van der Waals surface area contributed by atoms with Gasteiger partial charge < -0.3 is 25.6 Å². The Morgan fingerprint density at radius 2 is 2.12 bits per heavy atom. The van der Waals surface area contributed by atoms with Gasteiger partial charge in [-0.2, -0.15) is 0 Å². The van der Waals surface area contributed by atoms with Crippen molar-refractivity contribution in [1.82, 2.24) is 14.9 Å². The summed E-state index contributed by atoms with van der Waals surface area (Å²) in [7, 11) is 3.64. The fourth-order valence-corrected chi connectivity index (χ4v) is 3.34. The van der Waals surface area contributed by atoms with Gasteiger partial charge in [-0.05, 0) is 30.3 Å². The molecule has 0 saturated heterocycles. The number of amides is 1. The Labute approximate surface area is 195 Å². The van der Waals surface area contributed by atoms with Crippen LogP contribution < -0.4 is 20.7 Å². The summed E-state index contributed by atoms with van der Waals surface area (Å²) in [6.45, 7) is 1.04. The van der Waals surface area contributed by atoms with Crippen molar-refractivity contribution in [3.63, 3.8) is 0 Å². The molecule has 1 aliphatic rings. The molecular formula is C23H22ClFN6O2. The number of aromatic nitrogens is 2. The average molecular weight is 469 g/mol. The van der Waals surface area contributed by atoms with Crippen molar-refractivity contribution >= 4 is 40.5 Å². The topological polar surface area (TPSA) is 91.4 Å². The Morgan fingerprint density at radius 3 is 2.94 bits per heavy atom. The zero-order valence-corrected chi connectivity index (χ0v) is 18.8. The monoisotopic (exact) mass is 468 g/mol. The van der Waals surface area contributed by atoms with Gasteiger partial charge in [-0.25, -0.2) is 14.4 Å². The third-order valence-corrected chi connectivity index (χ3v) is 4.87. The van der Waals surface area contributed by atoms with E-state index in [4.69, 9.17) is 16.3 Å². The molecular weight excluding hydrogens is 447 g/mol. The normalized spacial score (nSPS) is 12.5. The van der Waals surface area contributed by atoms with Gasteiger partial charge in [0.2, 0.25) is 0 Å². The minimum absolute atomic E-state index is 0.274. The number of carbonyl (C=O) groups excluding carboxylic acids is 1. The summed E-state index contributed by atoms with van der Waals surface area (Å²) in [4.78, 5) is 22.5. The van der Waals surface area contributed by atoms with Crippen LogP contribution in [0, 0.1) is 5.82 Å².